The average molecular weight is 406 g/mol. The van der Waals surface area contributed by atoms with Crippen molar-refractivity contribution >= 4 is 49.4 Å². The normalized spacial score (nSPS) is 11.2. The second-order valence-corrected chi connectivity index (χ2v) is 6.01. The molecule has 4 rings (SSSR count). The molecule has 4 aromatic rings. The Bertz CT molecular complexity index is 1140. The molecule has 0 fully saturated rings. The number of halogens is 4. The first kappa shape index (κ1) is 15.7. The Balaban J connectivity index is 1.92. The summed E-state index contributed by atoms with van der Waals surface area (Å²) >= 11 is 3.17. The van der Waals surface area contributed by atoms with Crippen LogP contribution in [0.3, 0.4) is 0 Å². The minimum Gasteiger partial charge on any atom is -0.333 e. The molecular weight excluding hydrogens is 399 g/mol. The van der Waals surface area contributed by atoms with Crippen LogP contribution < -0.4 is 5.32 Å². The van der Waals surface area contributed by atoms with Gasteiger partial charge in [-0.3, -0.25) is 0 Å². The fourth-order valence-corrected chi connectivity index (χ4v) is 2.88. The summed E-state index contributed by atoms with van der Waals surface area (Å²) in [6.45, 7) is 0. The van der Waals surface area contributed by atoms with Crippen LogP contribution in [0, 0.1) is 17.6 Å². The summed E-state index contributed by atoms with van der Waals surface area (Å²) in [4.78, 5) is 15.3. The predicted octanol–water partition coefficient (Wildman–Crippen LogP) is 4.50. The minimum atomic E-state index is -1.10. The van der Waals surface area contributed by atoms with Crippen molar-refractivity contribution in [2.75, 3.05) is 5.32 Å². The zero-order chi connectivity index (χ0) is 17.6. The van der Waals surface area contributed by atoms with Gasteiger partial charge < -0.3 is 5.32 Å². The number of anilines is 2. The standard InChI is InChI=1S/C16H7BrF3N5/c17-7-4-9(18)11-10(5-7)22-6-23-16(11)24-13-12(19)8-2-1-3-21-15(8)25-14(13)20/h1-6H,(H,22,23,24). The number of pyridine rings is 2. The van der Waals surface area contributed by atoms with E-state index in [0.717, 1.165) is 0 Å². The van der Waals surface area contributed by atoms with Gasteiger partial charge in [0.1, 0.15) is 23.6 Å². The molecule has 0 radical (unpaired) electrons. The van der Waals surface area contributed by atoms with E-state index in [2.05, 4.69) is 41.2 Å². The number of nitrogens with one attached hydrogen (secondary N) is 1. The van der Waals surface area contributed by atoms with E-state index in [-0.39, 0.29) is 27.8 Å². The van der Waals surface area contributed by atoms with Gasteiger partial charge in [0.2, 0.25) is 5.95 Å². The number of benzene rings is 1. The molecule has 0 amide bonds. The Morgan fingerprint density at radius 3 is 2.72 bits per heavy atom. The molecule has 0 saturated heterocycles. The second kappa shape index (κ2) is 5.92. The minimum absolute atomic E-state index is 0.00998. The van der Waals surface area contributed by atoms with Crippen LogP contribution in [0.25, 0.3) is 21.9 Å². The molecule has 0 atom stereocenters. The zero-order valence-electron chi connectivity index (χ0n) is 12.3. The van der Waals surface area contributed by atoms with E-state index in [1.807, 2.05) is 0 Å². The Labute approximate surface area is 147 Å². The molecule has 0 bridgehead atoms. The molecule has 9 heteroatoms. The lowest BCUT2D eigenvalue weighted by atomic mass is 10.2. The molecule has 0 aliphatic carbocycles. The van der Waals surface area contributed by atoms with Crippen molar-refractivity contribution in [2.45, 2.75) is 0 Å². The van der Waals surface area contributed by atoms with Crippen LogP contribution in [0.5, 0.6) is 0 Å². The second-order valence-electron chi connectivity index (χ2n) is 5.10. The highest BCUT2D eigenvalue weighted by Gasteiger charge is 2.19. The smallest absolute Gasteiger partial charge is 0.241 e. The number of hydrogen-bond donors (Lipinski definition) is 1. The third kappa shape index (κ3) is 2.66. The summed E-state index contributed by atoms with van der Waals surface area (Å²) in [5.41, 5.74) is -0.325. The van der Waals surface area contributed by atoms with Gasteiger partial charge in [0, 0.05) is 10.7 Å². The maximum absolute atomic E-state index is 14.7. The molecule has 0 saturated carbocycles. The number of rotatable bonds is 2. The molecule has 3 heterocycles. The van der Waals surface area contributed by atoms with Crippen molar-refractivity contribution < 1.29 is 13.2 Å². The van der Waals surface area contributed by atoms with E-state index >= 15 is 0 Å². The van der Waals surface area contributed by atoms with Crippen molar-refractivity contribution in [1.82, 2.24) is 19.9 Å². The number of fused-ring (bicyclic) bond motifs is 2. The number of aromatic nitrogens is 4. The predicted molar refractivity (Wildman–Crippen MR) is 89.9 cm³/mol. The van der Waals surface area contributed by atoms with Crippen molar-refractivity contribution in [3.63, 3.8) is 0 Å². The van der Waals surface area contributed by atoms with Crippen LogP contribution in [-0.2, 0) is 0 Å². The van der Waals surface area contributed by atoms with Crippen LogP contribution in [0.4, 0.5) is 24.7 Å². The molecule has 0 spiro atoms. The van der Waals surface area contributed by atoms with Gasteiger partial charge in [0.15, 0.2) is 11.5 Å². The quantitative estimate of drug-likeness (QED) is 0.497. The molecule has 5 nitrogen and oxygen atoms in total. The van der Waals surface area contributed by atoms with Crippen LogP contribution in [-0.4, -0.2) is 19.9 Å². The maximum atomic E-state index is 14.7. The van der Waals surface area contributed by atoms with Gasteiger partial charge in [0.05, 0.1) is 16.3 Å². The van der Waals surface area contributed by atoms with Crippen molar-refractivity contribution in [3.05, 3.63) is 58.8 Å². The molecule has 1 aromatic carbocycles. The van der Waals surface area contributed by atoms with Gasteiger partial charge in [-0.15, -0.1) is 0 Å². The summed E-state index contributed by atoms with van der Waals surface area (Å²) in [5, 5.41) is 2.53. The maximum Gasteiger partial charge on any atom is 0.241 e. The van der Waals surface area contributed by atoms with E-state index in [9.17, 15) is 13.2 Å². The topological polar surface area (TPSA) is 63.6 Å². The van der Waals surface area contributed by atoms with Gasteiger partial charge in [-0.25, -0.2) is 23.7 Å². The van der Waals surface area contributed by atoms with E-state index in [0.29, 0.717) is 4.47 Å². The summed E-state index contributed by atoms with van der Waals surface area (Å²) in [5.74, 6) is -2.70. The van der Waals surface area contributed by atoms with Crippen LogP contribution in [0.1, 0.15) is 0 Å². The fraction of sp³-hybridized carbons (Fsp3) is 0. The molecule has 0 aliphatic heterocycles. The monoisotopic (exact) mass is 405 g/mol. The largest absolute Gasteiger partial charge is 0.333 e. The van der Waals surface area contributed by atoms with E-state index < -0.39 is 23.3 Å². The van der Waals surface area contributed by atoms with Gasteiger partial charge in [0.25, 0.3) is 0 Å². The fourth-order valence-electron chi connectivity index (χ4n) is 2.46. The highest BCUT2D eigenvalue weighted by Crippen LogP contribution is 2.31. The Kier molecular flexibility index (Phi) is 3.72. The first-order valence-electron chi connectivity index (χ1n) is 7.01. The van der Waals surface area contributed by atoms with Gasteiger partial charge >= 0.3 is 0 Å². The van der Waals surface area contributed by atoms with Crippen LogP contribution in [0.15, 0.2) is 41.3 Å². The van der Waals surface area contributed by atoms with Gasteiger partial charge in [-0.1, -0.05) is 15.9 Å². The highest BCUT2D eigenvalue weighted by molar-refractivity contribution is 9.10. The molecule has 25 heavy (non-hydrogen) atoms. The third-order valence-electron chi connectivity index (χ3n) is 3.55. The highest BCUT2D eigenvalue weighted by atomic mass is 79.9. The molecule has 1 N–H and O–H groups in total. The average Bonchev–Trinajstić information content (AvgIpc) is 2.58. The molecule has 3 aromatic heterocycles. The van der Waals surface area contributed by atoms with Crippen molar-refractivity contribution in [1.29, 1.82) is 0 Å². The summed E-state index contributed by atoms with van der Waals surface area (Å²) in [7, 11) is 0. The van der Waals surface area contributed by atoms with Gasteiger partial charge in [-0.2, -0.15) is 9.37 Å². The summed E-state index contributed by atoms with van der Waals surface area (Å²) in [6, 6.07) is 5.71. The zero-order valence-corrected chi connectivity index (χ0v) is 13.9. The number of nitrogens with zero attached hydrogens (tertiary/aromatic N) is 4. The van der Waals surface area contributed by atoms with E-state index in [1.165, 1.54) is 30.7 Å². The van der Waals surface area contributed by atoms with Crippen molar-refractivity contribution in [3.8, 4) is 0 Å². The third-order valence-corrected chi connectivity index (χ3v) is 4.01. The Hall–Kier alpha value is -2.81. The molecule has 0 aliphatic rings. The Morgan fingerprint density at radius 2 is 1.88 bits per heavy atom. The first-order valence-corrected chi connectivity index (χ1v) is 7.80. The lowest BCUT2D eigenvalue weighted by Crippen LogP contribution is -2.04. The first-order chi connectivity index (χ1) is 12.0. The van der Waals surface area contributed by atoms with Crippen molar-refractivity contribution in [2.24, 2.45) is 0 Å². The lowest BCUT2D eigenvalue weighted by molar-refractivity contribution is 0.568. The Morgan fingerprint density at radius 1 is 1.04 bits per heavy atom. The molecule has 124 valence electrons. The van der Waals surface area contributed by atoms with Gasteiger partial charge in [-0.05, 0) is 24.3 Å². The SMILES string of the molecule is Fc1nc2ncccc2c(F)c1Nc1ncnc2cc(Br)cc(F)c12. The van der Waals surface area contributed by atoms with E-state index in [4.69, 9.17) is 0 Å². The van der Waals surface area contributed by atoms with E-state index in [1.54, 1.807) is 6.07 Å². The number of hydrogen-bond acceptors (Lipinski definition) is 5. The molecular formula is C16H7BrF3N5. The van der Waals surface area contributed by atoms with Crippen LogP contribution in [0.2, 0.25) is 0 Å². The van der Waals surface area contributed by atoms with Crippen LogP contribution >= 0.6 is 15.9 Å². The molecule has 0 unspecified atom stereocenters. The summed E-state index contributed by atoms with van der Waals surface area (Å²) in [6.07, 6.45) is 2.55. The lowest BCUT2D eigenvalue weighted by Gasteiger charge is -2.11. The summed E-state index contributed by atoms with van der Waals surface area (Å²) < 4.78 is 43.7.